The summed E-state index contributed by atoms with van der Waals surface area (Å²) < 4.78 is 1.71. The van der Waals surface area contributed by atoms with Gasteiger partial charge in [0.1, 0.15) is 5.82 Å². The van der Waals surface area contributed by atoms with Gasteiger partial charge in [0.15, 0.2) is 0 Å². The van der Waals surface area contributed by atoms with Crippen LogP contribution in [0.4, 0.5) is 11.5 Å². The minimum Gasteiger partial charge on any atom is -0.397 e. The lowest BCUT2D eigenvalue weighted by molar-refractivity contribution is -0.125. The van der Waals surface area contributed by atoms with Gasteiger partial charge in [-0.15, -0.1) is 0 Å². The smallest absolute Gasteiger partial charge is 0.234 e. The van der Waals surface area contributed by atoms with Gasteiger partial charge in [-0.3, -0.25) is 24.8 Å². The second-order valence-corrected chi connectivity index (χ2v) is 8.65. The highest BCUT2D eigenvalue weighted by Gasteiger charge is 2.35. The molecule has 0 radical (unpaired) electrons. The molecule has 33 heavy (non-hydrogen) atoms. The zero-order chi connectivity index (χ0) is 23.1. The van der Waals surface area contributed by atoms with E-state index in [9.17, 15) is 4.79 Å². The average molecular weight is 446 g/mol. The average Bonchev–Trinajstić information content (AvgIpc) is 3.20. The summed E-state index contributed by atoms with van der Waals surface area (Å²) in [7, 11) is 1.85. The zero-order valence-electron chi connectivity index (χ0n) is 18.7. The summed E-state index contributed by atoms with van der Waals surface area (Å²) in [5, 5.41) is 15.9. The number of aryl methyl sites for hydroxylation is 2. The van der Waals surface area contributed by atoms with E-state index in [-0.39, 0.29) is 11.6 Å². The van der Waals surface area contributed by atoms with Gasteiger partial charge in [0.2, 0.25) is 5.91 Å². The highest BCUT2D eigenvalue weighted by Crippen LogP contribution is 2.28. The number of pyridine rings is 2. The van der Waals surface area contributed by atoms with Crippen molar-refractivity contribution in [3.05, 3.63) is 53.6 Å². The molecule has 2 aliphatic heterocycles. The summed E-state index contributed by atoms with van der Waals surface area (Å²) in [6.07, 6.45) is 5.19. The number of nitrogens with one attached hydrogen (secondary N) is 2. The summed E-state index contributed by atoms with van der Waals surface area (Å²) in [5.74, 6) is 0.958. The molecule has 0 unspecified atom stereocenters. The molecule has 3 aromatic heterocycles. The van der Waals surface area contributed by atoms with Crippen LogP contribution in [0.25, 0.3) is 11.3 Å². The molecular weight excluding hydrogens is 418 g/mol. The topological polar surface area (TPSA) is 129 Å². The van der Waals surface area contributed by atoms with Crippen molar-refractivity contribution >= 4 is 23.1 Å². The van der Waals surface area contributed by atoms with Gasteiger partial charge in [-0.05, 0) is 24.6 Å². The van der Waals surface area contributed by atoms with Gasteiger partial charge in [-0.2, -0.15) is 5.10 Å². The maximum atomic E-state index is 11.7. The summed E-state index contributed by atoms with van der Waals surface area (Å²) in [4.78, 5) is 25.4. The molecule has 3 aromatic rings. The van der Waals surface area contributed by atoms with Crippen LogP contribution in [-0.2, 0) is 11.8 Å². The summed E-state index contributed by atoms with van der Waals surface area (Å²) in [6.45, 7) is 5.70. The molecule has 0 aliphatic carbocycles. The molecule has 0 spiro atoms. The maximum absolute atomic E-state index is 11.7. The fourth-order valence-electron chi connectivity index (χ4n) is 4.34. The number of piperazine rings is 1. The van der Waals surface area contributed by atoms with E-state index in [1.165, 1.54) is 0 Å². The lowest BCUT2D eigenvalue weighted by Gasteiger charge is -2.47. The van der Waals surface area contributed by atoms with Crippen molar-refractivity contribution in [2.45, 2.75) is 13.0 Å². The van der Waals surface area contributed by atoms with Gasteiger partial charge < -0.3 is 16.0 Å². The molecule has 170 valence electrons. The van der Waals surface area contributed by atoms with Gasteiger partial charge >= 0.3 is 0 Å². The maximum Gasteiger partial charge on any atom is 0.234 e. The van der Waals surface area contributed by atoms with E-state index >= 15 is 0 Å². The molecule has 10 nitrogen and oxygen atoms in total. The van der Waals surface area contributed by atoms with Gasteiger partial charge in [0.25, 0.3) is 0 Å². The molecule has 2 saturated heterocycles. The van der Waals surface area contributed by atoms with Crippen LogP contribution >= 0.6 is 0 Å². The standard InChI is InChI=1S/C23H27N9O/c1-14-3-4-19(29-23(14)32-11-16(12-32)31-6-5-26-21(33)13-31)22(25)17-7-20(27-9-18(17)24)15-8-28-30(2)10-15/h3-4,7-10,16,25H,5-6,11-13,24H2,1-2H3,(H,26,33). The summed E-state index contributed by atoms with van der Waals surface area (Å²) >= 11 is 0. The van der Waals surface area contributed by atoms with Gasteiger partial charge in [0.05, 0.1) is 41.7 Å². The Balaban J connectivity index is 1.36. The van der Waals surface area contributed by atoms with Crippen LogP contribution in [0.5, 0.6) is 0 Å². The number of carbonyl (C=O) groups is 1. The Morgan fingerprint density at radius 2 is 2.09 bits per heavy atom. The van der Waals surface area contributed by atoms with E-state index in [0.29, 0.717) is 41.8 Å². The van der Waals surface area contributed by atoms with E-state index in [4.69, 9.17) is 16.1 Å². The number of amides is 1. The lowest BCUT2D eigenvalue weighted by atomic mass is 10.0. The molecule has 0 saturated carbocycles. The first kappa shape index (κ1) is 21.1. The van der Waals surface area contributed by atoms with E-state index in [0.717, 1.165) is 36.6 Å². The Hall–Kier alpha value is -3.79. The van der Waals surface area contributed by atoms with E-state index in [2.05, 4.69) is 25.2 Å². The minimum atomic E-state index is 0.0880. The molecule has 4 N–H and O–H groups in total. The van der Waals surface area contributed by atoms with Crippen LogP contribution in [0.2, 0.25) is 0 Å². The van der Waals surface area contributed by atoms with Crippen LogP contribution in [0.15, 0.2) is 36.8 Å². The molecular formula is C23H27N9O. The van der Waals surface area contributed by atoms with Crippen molar-refractivity contribution in [2.24, 2.45) is 7.05 Å². The number of rotatable bonds is 5. The summed E-state index contributed by atoms with van der Waals surface area (Å²) in [5.41, 5.74) is 10.7. The zero-order valence-corrected chi connectivity index (χ0v) is 18.7. The molecule has 0 atom stereocenters. The lowest BCUT2D eigenvalue weighted by Crippen LogP contribution is -2.64. The summed E-state index contributed by atoms with van der Waals surface area (Å²) in [6, 6.07) is 6.01. The fraction of sp³-hybridized carbons (Fsp3) is 0.348. The molecule has 2 fully saturated rings. The molecule has 5 heterocycles. The SMILES string of the molecule is Cc1ccc(C(=N)c2cc(-c3cnn(C)c3)ncc2N)nc1N1CC(N2CCNC(=O)C2)C1. The van der Waals surface area contributed by atoms with Crippen molar-refractivity contribution in [3.8, 4) is 11.3 Å². The Bertz CT molecular complexity index is 1230. The first-order chi connectivity index (χ1) is 15.9. The number of aromatic nitrogens is 4. The molecule has 2 aliphatic rings. The van der Waals surface area contributed by atoms with Crippen molar-refractivity contribution in [3.63, 3.8) is 0 Å². The molecule has 0 bridgehead atoms. The van der Waals surface area contributed by atoms with Gasteiger partial charge in [0, 0.05) is 56.6 Å². The fourth-order valence-corrected chi connectivity index (χ4v) is 4.34. The van der Waals surface area contributed by atoms with E-state index in [1.807, 2.05) is 38.4 Å². The Labute approximate surface area is 191 Å². The largest absolute Gasteiger partial charge is 0.397 e. The Morgan fingerprint density at radius 3 is 2.82 bits per heavy atom. The number of carbonyl (C=O) groups excluding carboxylic acids is 1. The Morgan fingerprint density at radius 1 is 1.27 bits per heavy atom. The van der Waals surface area contributed by atoms with E-state index in [1.54, 1.807) is 17.1 Å². The number of nitrogens with two attached hydrogens (primary N) is 1. The molecule has 10 heteroatoms. The van der Waals surface area contributed by atoms with Crippen LogP contribution in [0, 0.1) is 12.3 Å². The van der Waals surface area contributed by atoms with Crippen molar-refractivity contribution in [2.75, 3.05) is 43.4 Å². The molecule has 0 aromatic carbocycles. The first-order valence-corrected chi connectivity index (χ1v) is 11.0. The minimum absolute atomic E-state index is 0.0880. The third-order valence-electron chi connectivity index (χ3n) is 6.28. The number of hydrogen-bond donors (Lipinski definition) is 3. The normalized spacial score (nSPS) is 17.0. The number of nitrogens with zero attached hydrogens (tertiary/aromatic N) is 6. The van der Waals surface area contributed by atoms with Crippen molar-refractivity contribution < 1.29 is 4.79 Å². The highest BCUT2D eigenvalue weighted by molar-refractivity contribution is 6.13. The first-order valence-electron chi connectivity index (χ1n) is 11.0. The van der Waals surface area contributed by atoms with Gasteiger partial charge in [-0.1, -0.05) is 6.07 Å². The number of anilines is 2. The molecule has 5 rings (SSSR count). The number of nitrogen functional groups attached to an aromatic ring is 1. The van der Waals surface area contributed by atoms with Crippen LogP contribution in [-0.4, -0.2) is 75.0 Å². The predicted octanol–water partition coefficient (Wildman–Crippen LogP) is 0.804. The Kier molecular flexibility index (Phi) is 5.29. The molecule has 1 amide bonds. The third-order valence-corrected chi connectivity index (χ3v) is 6.28. The quantitative estimate of drug-likeness (QED) is 0.496. The third kappa shape index (κ3) is 4.05. The monoisotopic (exact) mass is 445 g/mol. The van der Waals surface area contributed by atoms with Crippen molar-refractivity contribution in [1.82, 2.24) is 30.0 Å². The highest BCUT2D eigenvalue weighted by atomic mass is 16.2. The van der Waals surface area contributed by atoms with Crippen LogP contribution < -0.4 is 16.0 Å². The van der Waals surface area contributed by atoms with Crippen molar-refractivity contribution in [1.29, 1.82) is 5.41 Å². The van der Waals surface area contributed by atoms with Crippen LogP contribution in [0.1, 0.15) is 16.8 Å². The second-order valence-electron chi connectivity index (χ2n) is 8.65. The predicted molar refractivity (Wildman–Crippen MR) is 126 cm³/mol. The second kappa shape index (κ2) is 8.28. The van der Waals surface area contributed by atoms with Crippen LogP contribution in [0.3, 0.4) is 0 Å². The number of hydrogen-bond acceptors (Lipinski definition) is 8. The van der Waals surface area contributed by atoms with Gasteiger partial charge in [-0.25, -0.2) is 4.98 Å². The van der Waals surface area contributed by atoms with E-state index < -0.39 is 0 Å².